The Morgan fingerprint density at radius 2 is 0.850 bits per heavy atom. The zero-order valence-electron chi connectivity index (χ0n) is 8.49. The average molecular weight is 332 g/mol. The van der Waals surface area contributed by atoms with Gasteiger partial charge in [-0.15, -0.1) is 0 Å². The van der Waals surface area contributed by atoms with Crippen LogP contribution in [0.15, 0.2) is 11.9 Å². The Labute approximate surface area is 100 Å². The fraction of sp³-hybridized carbons (Fsp3) is 0.714. The molecule has 0 rings (SSSR count). The number of hydrogen-bond acceptors (Lipinski definition) is 0. The molecule has 0 bridgehead atoms. The van der Waals surface area contributed by atoms with Crippen LogP contribution >= 0.6 is 0 Å². The van der Waals surface area contributed by atoms with Gasteiger partial charge >= 0.3 is 30.1 Å². The van der Waals surface area contributed by atoms with E-state index in [9.17, 15) is 57.1 Å². The molecule has 0 aromatic carbocycles. The van der Waals surface area contributed by atoms with Gasteiger partial charge < -0.3 is 0 Å². The van der Waals surface area contributed by atoms with Crippen LogP contribution in [-0.2, 0) is 0 Å². The molecule has 20 heavy (non-hydrogen) atoms. The Bertz CT molecular complexity index is 363. The van der Waals surface area contributed by atoms with Gasteiger partial charge in [0.25, 0.3) is 0 Å². The van der Waals surface area contributed by atoms with Crippen molar-refractivity contribution in [1.82, 2.24) is 0 Å². The highest BCUT2D eigenvalue weighted by atomic mass is 19.4. The molecule has 0 amide bonds. The Kier molecular flexibility index (Phi) is 4.41. The van der Waals surface area contributed by atoms with Crippen LogP contribution in [0.25, 0.3) is 0 Å². The molecular formula is C7HF13. The van der Waals surface area contributed by atoms with Crippen LogP contribution in [0, 0.1) is 0 Å². The quantitative estimate of drug-likeness (QED) is 0.633. The second-order valence-corrected chi connectivity index (χ2v) is 3.27. The summed E-state index contributed by atoms with van der Waals surface area (Å²) in [6.45, 7) is 0. The van der Waals surface area contributed by atoms with Crippen LogP contribution in [0.1, 0.15) is 0 Å². The second-order valence-electron chi connectivity index (χ2n) is 3.27. The van der Waals surface area contributed by atoms with Gasteiger partial charge in [-0.3, -0.25) is 0 Å². The summed E-state index contributed by atoms with van der Waals surface area (Å²) in [4.78, 5) is 0. The summed E-state index contributed by atoms with van der Waals surface area (Å²) in [5.41, 5.74) is -6.70. The van der Waals surface area contributed by atoms with Gasteiger partial charge in [0, 0.05) is 6.08 Å². The van der Waals surface area contributed by atoms with E-state index in [0.29, 0.717) is 0 Å². The molecule has 0 aromatic heterocycles. The fourth-order valence-electron chi connectivity index (χ4n) is 0.725. The lowest BCUT2D eigenvalue weighted by Crippen LogP contribution is -2.52. The van der Waals surface area contributed by atoms with Crippen molar-refractivity contribution in [3.05, 3.63) is 11.9 Å². The molecule has 0 radical (unpaired) electrons. The van der Waals surface area contributed by atoms with Crippen molar-refractivity contribution in [3.63, 3.8) is 0 Å². The molecule has 0 atom stereocenters. The third kappa shape index (κ3) is 3.11. The van der Waals surface area contributed by atoms with Gasteiger partial charge in [-0.2, -0.15) is 48.3 Å². The van der Waals surface area contributed by atoms with Gasteiger partial charge in [0.05, 0.1) is 0 Å². The Hall–Kier alpha value is -1.17. The largest absolute Gasteiger partial charge is 0.460 e. The number of allylic oxidation sites excluding steroid dienone is 2. The minimum absolute atomic E-state index is 2.49. The Morgan fingerprint density at radius 1 is 0.550 bits per heavy atom. The molecule has 0 aliphatic rings. The average Bonchev–Trinajstić information content (AvgIpc) is 2.11. The van der Waals surface area contributed by atoms with E-state index in [1.54, 1.807) is 0 Å². The van der Waals surface area contributed by atoms with Crippen LogP contribution in [-0.4, -0.2) is 30.1 Å². The lowest BCUT2D eigenvalue weighted by molar-refractivity contribution is -0.324. The minimum Gasteiger partial charge on any atom is -0.219 e. The molecular weight excluding hydrogens is 331 g/mol. The monoisotopic (exact) mass is 332 g/mol. The van der Waals surface area contributed by atoms with Gasteiger partial charge in [-0.25, -0.2) is 8.78 Å². The SMILES string of the molecule is F/C(=C\C(F)(C(F)(F)F)C(F)(F)F)C(F)(F)C(F)(F)F. The molecule has 0 N–H and O–H groups in total. The van der Waals surface area contributed by atoms with Crippen molar-refractivity contribution in [1.29, 1.82) is 0 Å². The highest BCUT2D eigenvalue weighted by molar-refractivity contribution is 5.19. The number of hydrogen-bond donors (Lipinski definition) is 0. The molecule has 0 fully saturated rings. The third-order valence-corrected chi connectivity index (χ3v) is 1.81. The molecule has 0 aromatic rings. The summed E-state index contributed by atoms with van der Waals surface area (Å²) in [5, 5.41) is 0. The standard InChI is InChI=1S/C7HF13/c8-2(4(10,11)7(18,19)20)1-3(9,5(12,13)14)6(15,16)17/h1H/b2-1-. The second kappa shape index (κ2) is 4.69. The molecule has 0 heterocycles. The summed E-state index contributed by atoms with van der Waals surface area (Å²) in [5.74, 6) is -11.0. The normalized spacial score (nSPS) is 16.6. The first kappa shape index (κ1) is 18.8. The van der Waals surface area contributed by atoms with E-state index >= 15 is 0 Å². The lowest BCUT2D eigenvalue weighted by atomic mass is 10.0. The maximum atomic E-state index is 12.7. The Balaban J connectivity index is 6.02. The summed E-state index contributed by atoms with van der Waals surface area (Å²) in [6.07, 6.45) is -23.3. The molecule has 0 nitrogen and oxygen atoms in total. The smallest absolute Gasteiger partial charge is 0.219 e. The van der Waals surface area contributed by atoms with Crippen molar-refractivity contribution in [2.75, 3.05) is 0 Å². The number of rotatable bonds is 2. The molecule has 0 unspecified atom stereocenters. The van der Waals surface area contributed by atoms with Gasteiger partial charge in [0.2, 0.25) is 0 Å². The zero-order valence-corrected chi connectivity index (χ0v) is 8.49. The van der Waals surface area contributed by atoms with E-state index in [-0.39, 0.29) is 0 Å². The van der Waals surface area contributed by atoms with Crippen LogP contribution in [0.2, 0.25) is 0 Å². The highest BCUT2D eigenvalue weighted by Crippen LogP contribution is 2.50. The predicted octanol–water partition coefficient (Wildman–Crippen LogP) is 4.87. The molecule has 13 heteroatoms. The molecule has 0 saturated heterocycles. The van der Waals surface area contributed by atoms with Gasteiger partial charge in [0.15, 0.2) is 5.83 Å². The maximum absolute atomic E-state index is 12.7. The van der Waals surface area contributed by atoms with Crippen molar-refractivity contribution < 1.29 is 57.1 Å². The summed E-state index contributed by atoms with van der Waals surface area (Å²) >= 11 is 0. The summed E-state index contributed by atoms with van der Waals surface area (Å²) in [7, 11) is 0. The van der Waals surface area contributed by atoms with Crippen LogP contribution < -0.4 is 0 Å². The predicted molar refractivity (Wildman–Crippen MR) is 36.1 cm³/mol. The van der Waals surface area contributed by atoms with Crippen molar-refractivity contribution in [3.8, 4) is 0 Å². The van der Waals surface area contributed by atoms with E-state index in [0.717, 1.165) is 0 Å². The van der Waals surface area contributed by atoms with Crippen LogP contribution in [0.3, 0.4) is 0 Å². The number of halogens is 13. The molecule has 0 saturated carbocycles. The van der Waals surface area contributed by atoms with Gasteiger partial charge in [0.1, 0.15) is 0 Å². The lowest BCUT2D eigenvalue weighted by Gasteiger charge is -2.28. The van der Waals surface area contributed by atoms with Crippen LogP contribution in [0.4, 0.5) is 57.1 Å². The van der Waals surface area contributed by atoms with Crippen LogP contribution in [0.5, 0.6) is 0 Å². The van der Waals surface area contributed by atoms with E-state index in [1.807, 2.05) is 0 Å². The van der Waals surface area contributed by atoms with Crippen molar-refractivity contribution >= 4 is 0 Å². The topological polar surface area (TPSA) is 0 Å². The fourth-order valence-corrected chi connectivity index (χ4v) is 0.725. The minimum atomic E-state index is -7.00. The summed E-state index contributed by atoms with van der Waals surface area (Å²) in [6, 6.07) is 0. The first-order chi connectivity index (χ1) is 8.38. The van der Waals surface area contributed by atoms with E-state index in [1.165, 1.54) is 0 Å². The number of alkyl halides is 12. The molecule has 0 aliphatic carbocycles. The first-order valence-electron chi connectivity index (χ1n) is 4.03. The van der Waals surface area contributed by atoms with E-state index in [4.69, 9.17) is 0 Å². The molecule has 0 aliphatic heterocycles. The third-order valence-electron chi connectivity index (χ3n) is 1.81. The molecule has 0 spiro atoms. The van der Waals surface area contributed by atoms with Gasteiger partial charge in [-0.1, -0.05) is 0 Å². The van der Waals surface area contributed by atoms with Crippen molar-refractivity contribution in [2.45, 2.75) is 30.1 Å². The van der Waals surface area contributed by atoms with Crippen molar-refractivity contribution in [2.24, 2.45) is 0 Å². The maximum Gasteiger partial charge on any atom is 0.460 e. The van der Waals surface area contributed by atoms with E-state index in [2.05, 4.69) is 0 Å². The van der Waals surface area contributed by atoms with E-state index < -0.39 is 42.0 Å². The highest BCUT2D eigenvalue weighted by Gasteiger charge is 2.73. The molecule has 120 valence electrons. The first-order valence-corrected chi connectivity index (χ1v) is 4.03. The van der Waals surface area contributed by atoms with Gasteiger partial charge in [-0.05, 0) is 0 Å². The Morgan fingerprint density at radius 3 is 1.05 bits per heavy atom. The summed E-state index contributed by atoms with van der Waals surface area (Å²) < 4.78 is 155. The zero-order chi connectivity index (χ0) is 16.8.